The Morgan fingerprint density at radius 3 is 2.90 bits per heavy atom. The Hall–Kier alpha value is -0.990. The maximum absolute atomic E-state index is 13.7. The van der Waals surface area contributed by atoms with Crippen molar-refractivity contribution in [3.8, 4) is 0 Å². The van der Waals surface area contributed by atoms with Gasteiger partial charge in [0.2, 0.25) is 0 Å². The summed E-state index contributed by atoms with van der Waals surface area (Å²) >= 11 is 7.87. The first-order valence-corrected chi connectivity index (χ1v) is 7.18. The number of aromatic amines is 1. The zero-order chi connectivity index (χ0) is 14.7. The summed E-state index contributed by atoms with van der Waals surface area (Å²) in [5.41, 5.74) is 0.566. The predicted octanol–water partition coefficient (Wildman–Crippen LogP) is 2.90. The number of nitrogens with zero attached hydrogens (tertiary/aromatic N) is 1. The molecule has 1 aromatic heterocycles. The molecule has 0 bridgehead atoms. The molecule has 0 aliphatic heterocycles. The average molecular weight is 409 g/mol. The zero-order valence-electron chi connectivity index (χ0n) is 10.5. The van der Waals surface area contributed by atoms with Crippen LogP contribution in [0.3, 0.4) is 0 Å². The van der Waals surface area contributed by atoms with Crippen molar-refractivity contribution in [1.29, 1.82) is 0 Å². The van der Waals surface area contributed by atoms with Gasteiger partial charge in [-0.05, 0) is 34.7 Å². The molecule has 0 atom stereocenters. The van der Waals surface area contributed by atoms with Gasteiger partial charge in [-0.1, -0.05) is 17.7 Å². The van der Waals surface area contributed by atoms with Gasteiger partial charge >= 0.3 is 0 Å². The second-order valence-corrected chi connectivity index (χ2v) is 5.57. The molecule has 4 nitrogen and oxygen atoms in total. The SMILES string of the molecule is COCc1nc(Cc2c(F)cccc2Cl)[nH]c(=O)c1I. The molecule has 0 saturated heterocycles. The lowest BCUT2D eigenvalue weighted by molar-refractivity contribution is 0.180. The second kappa shape index (κ2) is 6.64. The lowest BCUT2D eigenvalue weighted by Gasteiger charge is -2.08. The van der Waals surface area contributed by atoms with Crippen LogP contribution >= 0.6 is 34.2 Å². The molecule has 0 radical (unpaired) electrons. The maximum Gasteiger partial charge on any atom is 0.264 e. The van der Waals surface area contributed by atoms with E-state index in [1.165, 1.54) is 19.2 Å². The number of nitrogens with one attached hydrogen (secondary N) is 1. The van der Waals surface area contributed by atoms with Crippen molar-refractivity contribution in [1.82, 2.24) is 9.97 Å². The van der Waals surface area contributed by atoms with E-state index in [1.54, 1.807) is 6.07 Å². The smallest absolute Gasteiger partial charge is 0.264 e. The van der Waals surface area contributed by atoms with Crippen LogP contribution in [-0.2, 0) is 17.8 Å². The van der Waals surface area contributed by atoms with Gasteiger partial charge in [0.1, 0.15) is 15.2 Å². The van der Waals surface area contributed by atoms with Gasteiger partial charge in [-0.25, -0.2) is 9.37 Å². The minimum Gasteiger partial charge on any atom is -0.378 e. The van der Waals surface area contributed by atoms with E-state index < -0.39 is 5.82 Å². The molecule has 0 aliphatic carbocycles. The fraction of sp³-hybridized carbons (Fsp3) is 0.231. The average Bonchev–Trinajstić information content (AvgIpc) is 2.40. The third-order valence-corrected chi connectivity index (χ3v) is 4.13. The monoisotopic (exact) mass is 408 g/mol. The van der Waals surface area contributed by atoms with Crippen molar-refractivity contribution in [2.75, 3.05) is 7.11 Å². The molecular formula is C13H11ClFIN2O2. The molecule has 0 spiro atoms. The van der Waals surface area contributed by atoms with Crippen molar-refractivity contribution in [3.63, 3.8) is 0 Å². The summed E-state index contributed by atoms with van der Waals surface area (Å²) in [6, 6.07) is 4.45. The molecule has 106 valence electrons. The summed E-state index contributed by atoms with van der Waals surface area (Å²) in [5.74, 6) is -0.0681. The van der Waals surface area contributed by atoms with Crippen molar-refractivity contribution >= 4 is 34.2 Å². The standard InChI is InChI=1S/C13H11ClFIN2O2/c1-20-6-10-12(16)13(19)18-11(17-10)5-7-8(14)3-2-4-9(7)15/h2-4H,5-6H2,1H3,(H,17,18,19). The van der Waals surface area contributed by atoms with Gasteiger partial charge in [-0.2, -0.15) is 0 Å². The molecule has 0 unspecified atom stereocenters. The fourth-order valence-electron chi connectivity index (χ4n) is 1.74. The molecule has 2 rings (SSSR count). The number of aromatic nitrogens is 2. The first-order valence-electron chi connectivity index (χ1n) is 5.72. The summed E-state index contributed by atoms with van der Waals surface area (Å²) in [4.78, 5) is 18.7. The van der Waals surface area contributed by atoms with Crippen LogP contribution in [0.5, 0.6) is 0 Å². The Labute approximate surface area is 133 Å². The topological polar surface area (TPSA) is 55.0 Å². The summed E-state index contributed by atoms with van der Waals surface area (Å²) in [5, 5.41) is 0.305. The van der Waals surface area contributed by atoms with Gasteiger partial charge < -0.3 is 9.72 Å². The minimum absolute atomic E-state index is 0.119. The summed E-state index contributed by atoms with van der Waals surface area (Å²) in [6.45, 7) is 0.222. The number of ether oxygens (including phenoxy) is 1. The van der Waals surface area contributed by atoms with Crippen molar-refractivity contribution in [3.05, 3.63) is 60.0 Å². The summed E-state index contributed by atoms with van der Waals surface area (Å²) in [6.07, 6.45) is 0.119. The molecule has 1 heterocycles. The number of hydrogen-bond donors (Lipinski definition) is 1. The highest BCUT2D eigenvalue weighted by molar-refractivity contribution is 14.1. The van der Waals surface area contributed by atoms with Gasteiger partial charge in [0.15, 0.2) is 0 Å². The minimum atomic E-state index is -0.424. The van der Waals surface area contributed by atoms with E-state index >= 15 is 0 Å². The fourth-order valence-corrected chi connectivity index (χ4v) is 2.38. The second-order valence-electron chi connectivity index (χ2n) is 4.08. The Bertz CT molecular complexity index is 670. The van der Waals surface area contributed by atoms with Crippen molar-refractivity contribution in [2.24, 2.45) is 0 Å². The largest absolute Gasteiger partial charge is 0.378 e. The molecule has 7 heteroatoms. The van der Waals surface area contributed by atoms with Gasteiger partial charge in [0, 0.05) is 24.1 Å². The quantitative estimate of drug-likeness (QED) is 0.792. The molecular weight excluding hydrogens is 398 g/mol. The Kier molecular flexibility index (Phi) is 5.11. The van der Waals surface area contributed by atoms with Crippen LogP contribution in [0.25, 0.3) is 0 Å². The van der Waals surface area contributed by atoms with E-state index in [-0.39, 0.29) is 18.6 Å². The highest BCUT2D eigenvalue weighted by Gasteiger charge is 2.13. The molecule has 0 amide bonds. The number of methoxy groups -OCH3 is 1. The van der Waals surface area contributed by atoms with Crippen LogP contribution in [0, 0.1) is 9.39 Å². The highest BCUT2D eigenvalue weighted by atomic mass is 127. The number of halogens is 3. The molecule has 1 aromatic carbocycles. The van der Waals surface area contributed by atoms with Crippen LogP contribution in [0.1, 0.15) is 17.1 Å². The van der Waals surface area contributed by atoms with Gasteiger partial charge in [0.25, 0.3) is 5.56 Å². The Morgan fingerprint density at radius 1 is 1.50 bits per heavy atom. The lowest BCUT2D eigenvalue weighted by atomic mass is 10.1. The van der Waals surface area contributed by atoms with E-state index in [4.69, 9.17) is 16.3 Å². The van der Waals surface area contributed by atoms with Crippen LogP contribution in [-0.4, -0.2) is 17.1 Å². The van der Waals surface area contributed by atoms with E-state index in [2.05, 4.69) is 9.97 Å². The van der Waals surface area contributed by atoms with E-state index in [1.807, 2.05) is 22.6 Å². The third kappa shape index (κ3) is 3.36. The third-order valence-electron chi connectivity index (χ3n) is 2.67. The van der Waals surface area contributed by atoms with Crippen LogP contribution in [0.4, 0.5) is 4.39 Å². The summed E-state index contributed by atoms with van der Waals surface area (Å²) in [7, 11) is 1.52. The zero-order valence-corrected chi connectivity index (χ0v) is 13.5. The van der Waals surface area contributed by atoms with Gasteiger partial charge in [-0.3, -0.25) is 4.79 Å². The van der Waals surface area contributed by atoms with Crippen LogP contribution in [0.15, 0.2) is 23.0 Å². The Balaban J connectivity index is 2.42. The Morgan fingerprint density at radius 2 is 2.25 bits per heavy atom. The first kappa shape index (κ1) is 15.4. The highest BCUT2D eigenvalue weighted by Crippen LogP contribution is 2.21. The normalized spacial score (nSPS) is 10.8. The molecule has 20 heavy (non-hydrogen) atoms. The van der Waals surface area contributed by atoms with Gasteiger partial charge in [0.05, 0.1) is 12.3 Å². The summed E-state index contributed by atoms with van der Waals surface area (Å²) < 4.78 is 19.2. The van der Waals surface area contributed by atoms with Crippen molar-refractivity contribution in [2.45, 2.75) is 13.0 Å². The van der Waals surface area contributed by atoms with Crippen molar-refractivity contribution < 1.29 is 9.13 Å². The van der Waals surface area contributed by atoms with Crippen LogP contribution < -0.4 is 5.56 Å². The molecule has 2 aromatic rings. The number of rotatable bonds is 4. The molecule has 0 fully saturated rings. The molecule has 1 N–H and O–H groups in total. The number of benzene rings is 1. The van der Waals surface area contributed by atoms with E-state index in [0.29, 0.717) is 25.7 Å². The van der Waals surface area contributed by atoms with E-state index in [9.17, 15) is 9.18 Å². The predicted molar refractivity (Wildman–Crippen MR) is 82.5 cm³/mol. The number of H-pyrrole nitrogens is 1. The van der Waals surface area contributed by atoms with Crippen LogP contribution in [0.2, 0.25) is 5.02 Å². The van der Waals surface area contributed by atoms with E-state index in [0.717, 1.165) is 0 Å². The molecule has 0 aliphatic rings. The molecule has 0 saturated carbocycles. The lowest BCUT2D eigenvalue weighted by Crippen LogP contribution is -2.19. The van der Waals surface area contributed by atoms with Gasteiger partial charge in [-0.15, -0.1) is 0 Å². The first-order chi connectivity index (χ1) is 9.52. The number of hydrogen-bond acceptors (Lipinski definition) is 3. The maximum atomic E-state index is 13.7.